The van der Waals surface area contributed by atoms with Crippen LogP contribution in [0.3, 0.4) is 0 Å². The highest BCUT2D eigenvalue weighted by Crippen LogP contribution is 2.75. The standard InChI is InChI=1S/C36H58O4/c1-10-11-22-39-31(38)36(9)28-15-19-35(8)27(33(28,6)18-16-29(36)40-25(4)37)13-12-26-30-24(3)23(2)14-17-32(30,5)20-21-34(26,35)7/h12,23-24,27-30H,10-11,13-22H2,1-9H3/t23-,24+,27-,28-,29-,30+,32-,33-,34-,35-,36-/m1/s1. The molecule has 226 valence electrons. The van der Waals surface area contributed by atoms with Gasteiger partial charge in [-0.15, -0.1) is 0 Å². The van der Waals surface area contributed by atoms with Crippen LogP contribution in [0.25, 0.3) is 0 Å². The highest BCUT2D eigenvalue weighted by Gasteiger charge is 2.70. The highest BCUT2D eigenvalue weighted by atomic mass is 16.6. The van der Waals surface area contributed by atoms with Gasteiger partial charge in [-0.2, -0.15) is 0 Å². The Bertz CT molecular complexity index is 1050. The quantitative estimate of drug-likeness (QED) is 0.193. The average molecular weight is 555 g/mol. The molecule has 0 unspecified atom stereocenters. The summed E-state index contributed by atoms with van der Waals surface area (Å²) in [7, 11) is 0. The van der Waals surface area contributed by atoms with Crippen molar-refractivity contribution in [3.63, 3.8) is 0 Å². The molecule has 0 aromatic rings. The Morgan fingerprint density at radius 1 is 0.925 bits per heavy atom. The van der Waals surface area contributed by atoms with Crippen molar-refractivity contribution in [2.24, 2.45) is 56.7 Å². The predicted molar refractivity (Wildman–Crippen MR) is 160 cm³/mol. The summed E-state index contributed by atoms with van der Waals surface area (Å²) in [6.07, 6.45) is 14.5. The van der Waals surface area contributed by atoms with Gasteiger partial charge in [-0.1, -0.05) is 66.5 Å². The number of rotatable bonds is 5. The summed E-state index contributed by atoms with van der Waals surface area (Å²) < 4.78 is 11.9. The van der Waals surface area contributed by atoms with E-state index in [1.807, 2.05) is 0 Å². The van der Waals surface area contributed by atoms with E-state index in [0.717, 1.165) is 56.8 Å². The molecular weight excluding hydrogens is 496 g/mol. The van der Waals surface area contributed by atoms with E-state index in [-0.39, 0.29) is 34.1 Å². The van der Waals surface area contributed by atoms with Crippen molar-refractivity contribution in [1.29, 1.82) is 0 Å². The molecule has 4 saturated carbocycles. The van der Waals surface area contributed by atoms with Crippen molar-refractivity contribution in [3.8, 4) is 0 Å². The maximum absolute atomic E-state index is 13.9. The minimum atomic E-state index is -0.808. The van der Waals surface area contributed by atoms with Gasteiger partial charge in [-0.05, 0) is 122 Å². The second-order valence-corrected chi connectivity index (χ2v) is 16.2. The fourth-order valence-corrected chi connectivity index (χ4v) is 11.6. The van der Waals surface area contributed by atoms with Gasteiger partial charge in [0.15, 0.2) is 0 Å². The Kier molecular flexibility index (Phi) is 7.65. The van der Waals surface area contributed by atoms with Crippen LogP contribution in [0.1, 0.15) is 133 Å². The number of allylic oxidation sites excluding steroid dienone is 2. The van der Waals surface area contributed by atoms with Crippen LogP contribution in [0.15, 0.2) is 11.6 Å². The highest BCUT2D eigenvalue weighted by molar-refractivity contribution is 5.79. The lowest BCUT2D eigenvalue weighted by Gasteiger charge is -2.71. The summed E-state index contributed by atoms with van der Waals surface area (Å²) in [5.74, 6) is 2.43. The molecule has 0 aromatic heterocycles. The average Bonchev–Trinajstić information content (AvgIpc) is 2.89. The summed E-state index contributed by atoms with van der Waals surface area (Å²) in [4.78, 5) is 26.2. The number of esters is 2. The largest absolute Gasteiger partial charge is 0.465 e. The van der Waals surface area contributed by atoms with E-state index < -0.39 is 11.5 Å². The van der Waals surface area contributed by atoms with E-state index in [2.05, 4.69) is 61.5 Å². The van der Waals surface area contributed by atoms with Gasteiger partial charge >= 0.3 is 11.9 Å². The molecule has 4 fully saturated rings. The van der Waals surface area contributed by atoms with Gasteiger partial charge < -0.3 is 9.47 Å². The third-order valence-electron chi connectivity index (χ3n) is 14.5. The molecule has 0 spiro atoms. The second-order valence-electron chi connectivity index (χ2n) is 16.2. The van der Waals surface area contributed by atoms with E-state index in [1.54, 1.807) is 5.57 Å². The molecule has 0 aliphatic heterocycles. The minimum Gasteiger partial charge on any atom is -0.465 e. The lowest BCUT2D eigenvalue weighted by Crippen LogP contribution is -2.66. The zero-order chi connectivity index (χ0) is 29.3. The van der Waals surface area contributed by atoms with Crippen LogP contribution in [-0.4, -0.2) is 24.6 Å². The van der Waals surface area contributed by atoms with E-state index in [0.29, 0.717) is 23.9 Å². The third-order valence-corrected chi connectivity index (χ3v) is 14.5. The molecule has 5 aliphatic rings. The lowest BCUT2D eigenvalue weighted by atomic mass is 9.33. The monoisotopic (exact) mass is 554 g/mol. The van der Waals surface area contributed by atoms with Gasteiger partial charge in [0.1, 0.15) is 11.5 Å². The molecule has 0 aromatic carbocycles. The number of unbranched alkanes of at least 4 members (excludes halogenated alkanes) is 1. The molecule has 5 aliphatic carbocycles. The molecule has 4 nitrogen and oxygen atoms in total. The van der Waals surface area contributed by atoms with E-state index >= 15 is 0 Å². The number of hydrogen-bond donors (Lipinski definition) is 0. The SMILES string of the molecule is CCCCOC(=O)[C@]1(C)[C@@H]2CC[C@]3(C)[C@H](CC=C4[C@@H]5[C@@H](C)[C@H](C)CC[C@]5(C)CC[C@]43C)[C@@]2(C)CC[C@H]1OC(C)=O. The molecule has 11 atom stereocenters. The molecule has 4 heteroatoms. The molecule has 0 heterocycles. The van der Waals surface area contributed by atoms with Gasteiger partial charge in [0.25, 0.3) is 0 Å². The number of carbonyl (C=O) groups excluding carboxylic acids is 2. The van der Waals surface area contributed by atoms with Gasteiger partial charge in [0.2, 0.25) is 0 Å². The summed E-state index contributed by atoms with van der Waals surface area (Å²) in [5, 5.41) is 0. The van der Waals surface area contributed by atoms with Crippen molar-refractivity contribution >= 4 is 11.9 Å². The van der Waals surface area contributed by atoms with Crippen LogP contribution in [0.2, 0.25) is 0 Å². The summed E-state index contributed by atoms with van der Waals surface area (Å²) in [6, 6.07) is 0. The van der Waals surface area contributed by atoms with Crippen LogP contribution in [0, 0.1) is 56.7 Å². The van der Waals surface area contributed by atoms with Gasteiger partial charge in [-0.3, -0.25) is 9.59 Å². The minimum absolute atomic E-state index is 0.000557. The molecule has 5 rings (SSSR count). The summed E-state index contributed by atoms with van der Waals surface area (Å²) in [6.45, 7) is 21.5. The predicted octanol–water partition coefficient (Wildman–Crippen LogP) is 8.92. The maximum atomic E-state index is 13.9. The summed E-state index contributed by atoms with van der Waals surface area (Å²) >= 11 is 0. The first-order chi connectivity index (χ1) is 18.7. The summed E-state index contributed by atoms with van der Waals surface area (Å²) in [5.41, 5.74) is 1.81. The van der Waals surface area contributed by atoms with Gasteiger partial charge in [0, 0.05) is 6.92 Å². The fraction of sp³-hybridized carbons (Fsp3) is 0.889. The molecule has 0 bridgehead atoms. The Hall–Kier alpha value is -1.32. The van der Waals surface area contributed by atoms with Crippen LogP contribution in [-0.2, 0) is 19.1 Å². The van der Waals surface area contributed by atoms with E-state index in [1.165, 1.54) is 32.6 Å². The Labute approximate surface area is 244 Å². The van der Waals surface area contributed by atoms with Crippen molar-refractivity contribution in [1.82, 2.24) is 0 Å². The van der Waals surface area contributed by atoms with Crippen molar-refractivity contribution < 1.29 is 19.1 Å². The zero-order valence-corrected chi connectivity index (χ0v) is 27.2. The fourth-order valence-electron chi connectivity index (χ4n) is 11.6. The molecular formula is C36H58O4. The van der Waals surface area contributed by atoms with Crippen molar-refractivity contribution in [2.45, 2.75) is 139 Å². The number of hydrogen-bond acceptors (Lipinski definition) is 4. The second kappa shape index (κ2) is 10.1. The third kappa shape index (κ3) is 4.10. The molecule has 0 saturated heterocycles. The van der Waals surface area contributed by atoms with E-state index in [9.17, 15) is 9.59 Å². The van der Waals surface area contributed by atoms with Crippen LogP contribution < -0.4 is 0 Å². The smallest absolute Gasteiger partial charge is 0.315 e. The van der Waals surface area contributed by atoms with Crippen LogP contribution in [0.5, 0.6) is 0 Å². The van der Waals surface area contributed by atoms with Gasteiger partial charge in [-0.25, -0.2) is 0 Å². The first-order valence-corrected chi connectivity index (χ1v) is 16.7. The topological polar surface area (TPSA) is 52.6 Å². The zero-order valence-electron chi connectivity index (χ0n) is 27.2. The van der Waals surface area contributed by atoms with Crippen molar-refractivity contribution in [3.05, 3.63) is 11.6 Å². The molecule has 0 radical (unpaired) electrons. The Morgan fingerprint density at radius 3 is 2.33 bits per heavy atom. The lowest BCUT2D eigenvalue weighted by molar-refractivity contribution is -0.225. The molecule has 0 amide bonds. The van der Waals surface area contributed by atoms with Crippen LogP contribution in [0.4, 0.5) is 0 Å². The number of fused-ring (bicyclic) bond motifs is 7. The number of ether oxygens (including phenoxy) is 2. The number of carbonyl (C=O) groups is 2. The first-order valence-electron chi connectivity index (χ1n) is 16.7. The van der Waals surface area contributed by atoms with Crippen molar-refractivity contribution in [2.75, 3.05) is 6.61 Å². The Morgan fingerprint density at radius 2 is 1.65 bits per heavy atom. The normalized spacial score (nSPS) is 49.9. The van der Waals surface area contributed by atoms with E-state index in [4.69, 9.17) is 9.47 Å². The van der Waals surface area contributed by atoms with Crippen LogP contribution >= 0.6 is 0 Å². The Balaban J connectivity index is 1.54. The first kappa shape index (κ1) is 30.1. The molecule has 0 N–H and O–H groups in total. The van der Waals surface area contributed by atoms with Gasteiger partial charge in [0.05, 0.1) is 6.61 Å². The molecule has 40 heavy (non-hydrogen) atoms. The maximum Gasteiger partial charge on any atom is 0.315 e.